The Balaban J connectivity index is 1.83. The average Bonchev–Trinajstić information content (AvgIpc) is 3.20. The summed E-state index contributed by atoms with van der Waals surface area (Å²) < 4.78 is 19.0. The van der Waals surface area contributed by atoms with Crippen molar-refractivity contribution in [2.75, 3.05) is 6.67 Å². The van der Waals surface area contributed by atoms with Gasteiger partial charge >= 0.3 is 5.69 Å². The molecule has 1 aliphatic rings. The Morgan fingerprint density at radius 1 is 1.24 bits per heavy atom. The van der Waals surface area contributed by atoms with Crippen molar-refractivity contribution in [2.24, 2.45) is 5.11 Å². The number of aliphatic hydroxyl groups is 1. The zero-order valence-electron chi connectivity index (χ0n) is 19.1. The van der Waals surface area contributed by atoms with E-state index in [0.717, 1.165) is 44.9 Å². The number of H-pyrrole nitrogens is 1. The Morgan fingerprint density at radius 3 is 2.45 bits per heavy atom. The number of azide groups is 1. The lowest BCUT2D eigenvalue weighted by Gasteiger charge is -2.21. The quantitative estimate of drug-likeness (QED) is 0.175. The van der Waals surface area contributed by atoms with Crippen LogP contribution in [0.4, 0.5) is 4.39 Å². The maximum Gasteiger partial charge on any atom is 0.330 e. The van der Waals surface area contributed by atoms with Gasteiger partial charge in [-0.05, 0) is 25.3 Å². The zero-order chi connectivity index (χ0) is 24.2. The Bertz CT molecular complexity index is 926. The van der Waals surface area contributed by atoms with Crippen LogP contribution < -0.4 is 11.2 Å². The van der Waals surface area contributed by atoms with E-state index < -0.39 is 41.5 Å². The standard InChI is InChI=1S/C22H34FN5O5/c1-15-14-28(22(32)25-21(15)31)18-13-16(26-27-24)20(33-18)19(30)17(29)11-9-7-5-3-2-4-6-8-10-12-23/h14,16,18-20,30H,2-13H2,1H3,(H,25,31,32)/t16-,18+,19?,20-/m0/s1. The van der Waals surface area contributed by atoms with Crippen LogP contribution in [0.25, 0.3) is 10.4 Å². The fraction of sp³-hybridized carbons (Fsp3) is 0.773. The SMILES string of the molecule is Cc1cn([C@H]2C[C@H](N=[N+]=[N-])[C@@H](C(O)C(=O)CCCCCCCCCCCF)O2)c(=O)[nH]c1=O. The third-order valence-corrected chi connectivity index (χ3v) is 5.99. The Kier molecular flexibility index (Phi) is 11.3. The molecule has 2 rings (SSSR count). The highest BCUT2D eigenvalue weighted by Gasteiger charge is 2.42. The first-order valence-electron chi connectivity index (χ1n) is 11.7. The van der Waals surface area contributed by atoms with E-state index >= 15 is 0 Å². The van der Waals surface area contributed by atoms with Crippen molar-refractivity contribution < 1.29 is 19.0 Å². The maximum atomic E-state index is 12.5. The number of nitrogens with one attached hydrogen (secondary N) is 1. The molecule has 2 heterocycles. The molecule has 1 aromatic rings. The van der Waals surface area contributed by atoms with Crippen LogP contribution in [0.5, 0.6) is 0 Å². The minimum atomic E-state index is -1.47. The molecule has 0 radical (unpaired) electrons. The van der Waals surface area contributed by atoms with Gasteiger partial charge in [0.15, 0.2) is 5.78 Å². The predicted octanol–water partition coefficient (Wildman–Crippen LogP) is 3.61. The van der Waals surface area contributed by atoms with Crippen molar-refractivity contribution in [1.82, 2.24) is 9.55 Å². The van der Waals surface area contributed by atoms with E-state index in [2.05, 4.69) is 15.0 Å². The molecular weight excluding hydrogens is 433 g/mol. The van der Waals surface area contributed by atoms with Crippen molar-refractivity contribution in [2.45, 2.75) is 102 Å². The number of Topliss-reactive ketones (excluding diaryl/α,β-unsaturated/α-hetero) is 1. The van der Waals surface area contributed by atoms with E-state index in [1.165, 1.54) is 17.7 Å². The van der Waals surface area contributed by atoms with Crippen molar-refractivity contribution in [3.05, 3.63) is 43.0 Å². The number of nitrogens with zero attached hydrogens (tertiary/aromatic N) is 4. The van der Waals surface area contributed by atoms with Gasteiger partial charge in [0, 0.05) is 29.5 Å². The Labute approximate surface area is 191 Å². The van der Waals surface area contributed by atoms with E-state index in [1.807, 2.05) is 0 Å². The first-order valence-corrected chi connectivity index (χ1v) is 11.7. The highest BCUT2D eigenvalue weighted by Crippen LogP contribution is 2.32. The monoisotopic (exact) mass is 467 g/mol. The highest BCUT2D eigenvalue weighted by molar-refractivity contribution is 5.83. The molecule has 1 saturated heterocycles. The lowest BCUT2D eigenvalue weighted by Crippen LogP contribution is -2.39. The van der Waals surface area contributed by atoms with Crippen LogP contribution in [0.1, 0.15) is 82.4 Å². The molecular formula is C22H34FN5O5. The summed E-state index contributed by atoms with van der Waals surface area (Å²) >= 11 is 0. The van der Waals surface area contributed by atoms with Gasteiger partial charge in [-0.1, -0.05) is 50.1 Å². The fourth-order valence-corrected chi connectivity index (χ4v) is 4.07. The molecule has 1 fully saturated rings. The van der Waals surface area contributed by atoms with Crippen LogP contribution in [0.2, 0.25) is 0 Å². The van der Waals surface area contributed by atoms with Gasteiger partial charge in [0.2, 0.25) is 0 Å². The molecule has 0 aromatic carbocycles. The van der Waals surface area contributed by atoms with Crippen molar-refractivity contribution in [3.63, 3.8) is 0 Å². The molecule has 1 unspecified atom stereocenters. The average molecular weight is 468 g/mol. The third kappa shape index (κ3) is 8.10. The number of alkyl halides is 1. The van der Waals surface area contributed by atoms with Gasteiger partial charge in [-0.2, -0.15) is 0 Å². The zero-order valence-corrected chi connectivity index (χ0v) is 19.1. The minimum absolute atomic E-state index is 0.0930. The van der Waals surface area contributed by atoms with Gasteiger partial charge in [-0.3, -0.25) is 23.5 Å². The number of carbonyl (C=O) groups is 1. The molecule has 0 bridgehead atoms. The number of aryl methyl sites for hydroxylation is 1. The molecule has 0 saturated carbocycles. The van der Waals surface area contributed by atoms with E-state index in [9.17, 15) is 23.9 Å². The number of carbonyl (C=O) groups excluding carboxylic acids is 1. The number of hydrogen-bond acceptors (Lipinski definition) is 6. The summed E-state index contributed by atoms with van der Waals surface area (Å²) in [5.74, 6) is -0.394. The summed E-state index contributed by atoms with van der Waals surface area (Å²) in [4.78, 5) is 41.2. The number of ketones is 1. The summed E-state index contributed by atoms with van der Waals surface area (Å²) in [5, 5.41) is 14.2. The summed E-state index contributed by atoms with van der Waals surface area (Å²) in [6.07, 6.45) is 6.57. The molecule has 4 atom stereocenters. The van der Waals surface area contributed by atoms with Gasteiger partial charge < -0.3 is 9.84 Å². The highest BCUT2D eigenvalue weighted by atomic mass is 19.1. The topological polar surface area (TPSA) is 150 Å². The lowest BCUT2D eigenvalue weighted by atomic mass is 9.98. The van der Waals surface area contributed by atoms with Gasteiger partial charge in [0.05, 0.1) is 12.7 Å². The second-order valence-electron chi connectivity index (χ2n) is 8.57. The summed E-state index contributed by atoms with van der Waals surface area (Å²) in [6, 6.07) is -0.824. The van der Waals surface area contributed by atoms with E-state index in [4.69, 9.17) is 10.3 Å². The van der Waals surface area contributed by atoms with Gasteiger partial charge in [0.25, 0.3) is 5.56 Å². The number of rotatable bonds is 15. The largest absolute Gasteiger partial charge is 0.383 e. The van der Waals surface area contributed by atoms with Crippen molar-refractivity contribution >= 4 is 5.78 Å². The van der Waals surface area contributed by atoms with Gasteiger partial charge in [-0.25, -0.2) is 4.79 Å². The normalized spacial score (nSPS) is 21.0. The number of aromatic amines is 1. The molecule has 11 heteroatoms. The number of unbranched alkanes of at least 4 members (excludes halogenated alkanes) is 8. The fourth-order valence-electron chi connectivity index (χ4n) is 4.07. The van der Waals surface area contributed by atoms with Crippen LogP contribution in [-0.2, 0) is 9.53 Å². The smallest absolute Gasteiger partial charge is 0.330 e. The molecule has 1 aromatic heterocycles. The molecule has 1 aliphatic heterocycles. The summed E-state index contributed by atoms with van der Waals surface area (Å²) in [7, 11) is 0. The molecule has 10 nitrogen and oxygen atoms in total. The predicted molar refractivity (Wildman–Crippen MR) is 121 cm³/mol. The van der Waals surface area contributed by atoms with E-state index in [0.29, 0.717) is 18.4 Å². The number of halogens is 1. The Morgan fingerprint density at radius 2 is 1.85 bits per heavy atom. The summed E-state index contributed by atoms with van der Waals surface area (Å²) in [6.45, 7) is 1.29. The van der Waals surface area contributed by atoms with Crippen molar-refractivity contribution in [1.29, 1.82) is 0 Å². The van der Waals surface area contributed by atoms with E-state index in [1.54, 1.807) is 0 Å². The second kappa shape index (κ2) is 13.9. The van der Waals surface area contributed by atoms with Gasteiger partial charge in [-0.15, -0.1) is 0 Å². The van der Waals surface area contributed by atoms with Gasteiger partial charge in [0.1, 0.15) is 18.4 Å². The lowest BCUT2D eigenvalue weighted by molar-refractivity contribution is -0.137. The van der Waals surface area contributed by atoms with Crippen LogP contribution in [0.15, 0.2) is 20.9 Å². The first-order chi connectivity index (χ1) is 15.9. The molecule has 184 valence electrons. The minimum Gasteiger partial charge on any atom is -0.383 e. The van der Waals surface area contributed by atoms with Crippen LogP contribution in [-0.4, -0.2) is 45.4 Å². The van der Waals surface area contributed by atoms with Crippen LogP contribution >= 0.6 is 0 Å². The van der Waals surface area contributed by atoms with Crippen molar-refractivity contribution in [3.8, 4) is 0 Å². The number of aliphatic hydroxyl groups excluding tert-OH is 1. The molecule has 2 N–H and O–H groups in total. The van der Waals surface area contributed by atoms with E-state index in [-0.39, 0.29) is 19.5 Å². The molecule has 33 heavy (non-hydrogen) atoms. The first kappa shape index (κ1) is 26.8. The second-order valence-corrected chi connectivity index (χ2v) is 8.57. The summed E-state index contributed by atoms with van der Waals surface area (Å²) in [5.41, 5.74) is 7.98. The molecule has 0 spiro atoms. The molecule has 0 aliphatic carbocycles. The number of hydrogen-bond donors (Lipinski definition) is 2. The molecule has 0 amide bonds. The number of ether oxygens (including phenoxy) is 1. The maximum absolute atomic E-state index is 12.5. The van der Waals surface area contributed by atoms with Crippen LogP contribution in [0.3, 0.4) is 0 Å². The third-order valence-electron chi connectivity index (χ3n) is 5.99. The Hall–Kier alpha value is -2.49. The van der Waals surface area contributed by atoms with Crippen LogP contribution in [0, 0.1) is 6.92 Å². The number of aromatic nitrogens is 2.